The van der Waals surface area contributed by atoms with Gasteiger partial charge in [0.25, 0.3) is 0 Å². The lowest BCUT2D eigenvalue weighted by atomic mass is 9.86. The molecule has 0 aliphatic rings. The molecule has 0 fully saturated rings. The highest BCUT2D eigenvalue weighted by Gasteiger charge is 2.31. The zero-order valence-electron chi connectivity index (χ0n) is 15.4. The molecular formula is C22H25FO3. The zero-order chi connectivity index (χ0) is 19.2. The van der Waals surface area contributed by atoms with Gasteiger partial charge in [-0.05, 0) is 35.6 Å². The van der Waals surface area contributed by atoms with Crippen LogP contribution in [0.2, 0.25) is 0 Å². The van der Waals surface area contributed by atoms with E-state index >= 15 is 0 Å². The van der Waals surface area contributed by atoms with Gasteiger partial charge in [0, 0.05) is 0 Å². The average Bonchev–Trinajstić information content (AvgIpc) is 2.62. The van der Waals surface area contributed by atoms with E-state index in [2.05, 4.69) is 0 Å². The number of esters is 1. The number of halogens is 1. The summed E-state index contributed by atoms with van der Waals surface area (Å²) in [5, 5.41) is 10.9. The van der Waals surface area contributed by atoms with Gasteiger partial charge in [-0.3, -0.25) is 4.79 Å². The minimum absolute atomic E-state index is 0.164. The molecule has 1 N–H and O–H groups in total. The number of ether oxygens (including phenoxy) is 1. The van der Waals surface area contributed by atoms with Crippen molar-refractivity contribution in [3.8, 4) is 0 Å². The van der Waals surface area contributed by atoms with Gasteiger partial charge in [0.05, 0.1) is 12.0 Å². The van der Waals surface area contributed by atoms with Gasteiger partial charge in [0.1, 0.15) is 12.4 Å². The molecule has 2 rings (SSSR count). The van der Waals surface area contributed by atoms with Crippen molar-refractivity contribution in [3.63, 3.8) is 0 Å². The molecule has 0 amide bonds. The lowest BCUT2D eigenvalue weighted by molar-refractivity contribution is -0.150. The van der Waals surface area contributed by atoms with E-state index in [4.69, 9.17) is 4.74 Å². The molecule has 0 saturated carbocycles. The molecule has 1 atom stereocenters. The van der Waals surface area contributed by atoms with Crippen molar-refractivity contribution in [1.29, 1.82) is 0 Å². The fraction of sp³-hybridized carbons (Fsp3) is 0.318. The second-order valence-electron chi connectivity index (χ2n) is 6.76. The van der Waals surface area contributed by atoms with Crippen molar-refractivity contribution < 1.29 is 19.0 Å². The summed E-state index contributed by atoms with van der Waals surface area (Å²) in [6.45, 7) is 5.50. The van der Waals surface area contributed by atoms with Gasteiger partial charge < -0.3 is 9.84 Å². The summed E-state index contributed by atoms with van der Waals surface area (Å²) < 4.78 is 18.9. The third-order valence-corrected chi connectivity index (χ3v) is 4.53. The highest BCUT2D eigenvalue weighted by molar-refractivity contribution is 5.72. The minimum Gasteiger partial charge on any atom is -0.461 e. The normalized spacial score (nSPS) is 13.8. The van der Waals surface area contributed by atoms with Crippen molar-refractivity contribution in [2.24, 2.45) is 5.92 Å². The minimum atomic E-state index is -1.37. The second-order valence-corrected chi connectivity index (χ2v) is 6.76. The predicted octanol–water partition coefficient (Wildman–Crippen LogP) is 4.67. The number of hydrogen-bond acceptors (Lipinski definition) is 3. The monoisotopic (exact) mass is 356 g/mol. The Labute approximate surface area is 154 Å². The first-order valence-electron chi connectivity index (χ1n) is 8.68. The van der Waals surface area contributed by atoms with Crippen LogP contribution in [0.3, 0.4) is 0 Å². The SMILES string of the molecule is Cc1c(F)cccc1C=CC(O)(CC(=O)OCc1ccccc1)C(C)C. The molecule has 0 bridgehead atoms. The van der Waals surface area contributed by atoms with Crippen LogP contribution in [0.25, 0.3) is 6.08 Å². The number of hydrogen-bond donors (Lipinski definition) is 1. The topological polar surface area (TPSA) is 46.5 Å². The first-order chi connectivity index (χ1) is 12.3. The molecule has 1 unspecified atom stereocenters. The fourth-order valence-corrected chi connectivity index (χ4v) is 2.51. The van der Waals surface area contributed by atoms with E-state index in [0.717, 1.165) is 5.56 Å². The van der Waals surface area contributed by atoms with E-state index in [1.807, 2.05) is 44.2 Å². The van der Waals surface area contributed by atoms with Crippen LogP contribution >= 0.6 is 0 Å². The van der Waals surface area contributed by atoms with Crippen molar-refractivity contribution in [3.05, 3.63) is 77.1 Å². The maximum absolute atomic E-state index is 13.7. The summed E-state index contributed by atoms with van der Waals surface area (Å²) in [5.41, 5.74) is 0.690. The van der Waals surface area contributed by atoms with E-state index < -0.39 is 11.6 Å². The predicted molar refractivity (Wildman–Crippen MR) is 101 cm³/mol. The van der Waals surface area contributed by atoms with Crippen LogP contribution < -0.4 is 0 Å². The zero-order valence-corrected chi connectivity index (χ0v) is 15.4. The Kier molecular flexibility index (Phi) is 6.70. The van der Waals surface area contributed by atoms with Crippen molar-refractivity contribution in [2.45, 2.75) is 39.4 Å². The van der Waals surface area contributed by atoms with Crippen LogP contribution in [0.4, 0.5) is 4.39 Å². The summed E-state index contributed by atoms with van der Waals surface area (Å²) in [5.74, 6) is -0.995. The highest BCUT2D eigenvalue weighted by Crippen LogP contribution is 2.26. The molecule has 26 heavy (non-hydrogen) atoms. The summed E-state index contributed by atoms with van der Waals surface area (Å²) in [6.07, 6.45) is 3.05. The molecule has 0 saturated heterocycles. The van der Waals surface area contributed by atoms with Crippen molar-refractivity contribution in [2.75, 3.05) is 0 Å². The van der Waals surface area contributed by atoms with Crippen LogP contribution in [-0.4, -0.2) is 16.7 Å². The van der Waals surface area contributed by atoms with Crippen LogP contribution in [0, 0.1) is 18.7 Å². The lowest BCUT2D eigenvalue weighted by Crippen LogP contribution is -2.35. The number of rotatable bonds is 7. The van der Waals surface area contributed by atoms with Gasteiger partial charge in [0.2, 0.25) is 0 Å². The first kappa shape index (κ1) is 19.9. The highest BCUT2D eigenvalue weighted by atomic mass is 19.1. The van der Waals surface area contributed by atoms with Gasteiger partial charge in [-0.25, -0.2) is 4.39 Å². The molecular weight excluding hydrogens is 331 g/mol. The van der Waals surface area contributed by atoms with Crippen LogP contribution in [0.5, 0.6) is 0 Å². The van der Waals surface area contributed by atoms with Crippen molar-refractivity contribution in [1.82, 2.24) is 0 Å². The molecule has 2 aromatic carbocycles. The lowest BCUT2D eigenvalue weighted by Gasteiger charge is -2.28. The first-order valence-corrected chi connectivity index (χ1v) is 8.68. The third-order valence-electron chi connectivity index (χ3n) is 4.53. The number of carbonyl (C=O) groups excluding carboxylic acids is 1. The van der Waals surface area contributed by atoms with Gasteiger partial charge in [0.15, 0.2) is 0 Å². The van der Waals surface area contributed by atoms with Crippen LogP contribution in [0.1, 0.15) is 37.0 Å². The summed E-state index contributed by atoms with van der Waals surface area (Å²) in [6, 6.07) is 14.1. The number of benzene rings is 2. The van der Waals surface area contributed by atoms with E-state index in [0.29, 0.717) is 11.1 Å². The standard InChI is InChI=1S/C22H25FO3/c1-16(2)22(25,13-12-19-10-7-11-20(23)17(19)3)14-21(24)26-15-18-8-5-4-6-9-18/h4-13,16,25H,14-15H2,1-3H3. The molecule has 0 aliphatic heterocycles. The van der Waals surface area contributed by atoms with Gasteiger partial charge in [-0.15, -0.1) is 0 Å². The molecule has 4 heteroatoms. The van der Waals surface area contributed by atoms with Gasteiger partial charge in [-0.1, -0.05) is 68.5 Å². The average molecular weight is 356 g/mol. The summed E-state index contributed by atoms with van der Waals surface area (Å²) in [7, 11) is 0. The molecule has 0 aliphatic carbocycles. The smallest absolute Gasteiger partial charge is 0.309 e. The van der Waals surface area contributed by atoms with Gasteiger partial charge >= 0.3 is 5.97 Å². The third kappa shape index (κ3) is 5.27. The molecule has 0 heterocycles. The van der Waals surface area contributed by atoms with Crippen molar-refractivity contribution >= 4 is 12.0 Å². The summed E-state index contributed by atoms with van der Waals surface area (Å²) >= 11 is 0. The quantitative estimate of drug-likeness (QED) is 0.734. The Hall–Kier alpha value is -2.46. The molecule has 138 valence electrons. The van der Waals surface area contributed by atoms with E-state index in [1.54, 1.807) is 31.2 Å². The maximum Gasteiger partial charge on any atom is 0.309 e. The fourth-order valence-electron chi connectivity index (χ4n) is 2.51. The van der Waals surface area contributed by atoms with E-state index in [9.17, 15) is 14.3 Å². The Balaban J connectivity index is 2.07. The summed E-state index contributed by atoms with van der Waals surface area (Å²) in [4.78, 5) is 12.2. The molecule has 3 nitrogen and oxygen atoms in total. The van der Waals surface area contributed by atoms with Crippen LogP contribution in [-0.2, 0) is 16.1 Å². The Morgan fingerprint density at radius 3 is 2.54 bits per heavy atom. The molecule has 0 spiro atoms. The Morgan fingerprint density at radius 1 is 1.19 bits per heavy atom. The van der Waals surface area contributed by atoms with Crippen LogP contribution in [0.15, 0.2) is 54.6 Å². The number of aliphatic hydroxyl groups is 1. The molecule has 0 radical (unpaired) electrons. The van der Waals surface area contributed by atoms with E-state index in [1.165, 1.54) is 6.07 Å². The molecule has 0 aromatic heterocycles. The number of carbonyl (C=O) groups is 1. The Morgan fingerprint density at radius 2 is 1.88 bits per heavy atom. The maximum atomic E-state index is 13.7. The molecule has 2 aromatic rings. The Bertz CT molecular complexity index is 768. The largest absolute Gasteiger partial charge is 0.461 e. The van der Waals surface area contributed by atoms with Gasteiger partial charge in [-0.2, -0.15) is 0 Å². The second kappa shape index (κ2) is 8.77. The van der Waals surface area contributed by atoms with E-state index in [-0.39, 0.29) is 24.8 Å².